The number of carbonyl (C=O) groups is 2. The summed E-state index contributed by atoms with van der Waals surface area (Å²) in [5, 5.41) is 3.63. The van der Waals surface area contributed by atoms with Crippen LogP contribution in [0.3, 0.4) is 0 Å². The molecule has 0 atom stereocenters. The number of nitrogens with one attached hydrogen (secondary N) is 1. The topological polar surface area (TPSA) is 73.2 Å². The lowest BCUT2D eigenvalue weighted by Gasteiger charge is -2.06. The quantitative estimate of drug-likeness (QED) is 0.586. The zero-order chi connectivity index (χ0) is 17.5. The van der Waals surface area contributed by atoms with Crippen molar-refractivity contribution in [3.05, 3.63) is 23.8 Å². The van der Waals surface area contributed by atoms with Crippen LogP contribution in [0.2, 0.25) is 0 Å². The normalized spacial score (nSPS) is 10.8. The third kappa shape index (κ3) is 4.29. The summed E-state index contributed by atoms with van der Waals surface area (Å²) in [6, 6.07) is 5.36. The number of amides is 1. The zero-order valence-electron chi connectivity index (χ0n) is 14.3. The molecule has 1 amide bonds. The molecule has 0 aliphatic heterocycles. The number of hydrogen-bond acceptors (Lipinski definition) is 5. The fraction of sp³-hybridized carbons (Fsp3) is 0.471. The Morgan fingerprint density at radius 3 is 2.75 bits per heavy atom. The molecule has 1 N–H and O–H groups in total. The van der Waals surface area contributed by atoms with E-state index in [1.165, 1.54) is 11.8 Å². The van der Waals surface area contributed by atoms with Gasteiger partial charge in [0.2, 0.25) is 5.91 Å². The van der Waals surface area contributed by atoms with Crippen LogP contribution in [0.4, 0.5) is 0 Å². The third-order valence-corrected chi connectivity index (χ3v) is 4.42. The van der Waals surface area contributed by atoms with Crippen LogP contribution in [0.25, 0.3) is 11.0 Å². The Bertz CT molecular complexity index is 727. The van der Waals surface area contributed by atoms with Gasteiger partial charge in [0, 0.05) is 13.1 Å². The van der Waals surface area contributed by atoms with Crippen molar-refractivity contribution in [3.8, 4) is 0 Å². The standard InChI is InChI=1S/C17H23N3O3S/c1-4-9-18-15(21)11-24-17-19-13-10-12(16(22)23-6-3)7-8-14(13)20(17)5-2/h7-8,10H,4-6,9,11H2,1-3H3,(H,18,21). The maximum absolute atomic E-state index is 11.9. The minimum Gasteiger partial charge on any atom is -0.462 e. The maximum Gasteiger partial charge on any atom is 0.338 e. The van der Waals surface area contributed by atoms with Gasteiger partial charge in [0.15, 0.2) is 5.16 Å². The van der Waals surface area contributed by atoms with E-state index in [1.54, 1.807) is 19.1 Å². The van der Waals surface area contributed by atoms with Crippen molar-refractivity contribution in [3.63, 3.8) is 0 Å². The van der Waals surface area contributed by atoms with Gasteiger partial charge in [-0.2, -0.15) is 0 Å². The number of nitrogens with zero attached hydrogens (tertiary/aromatic N) is 2. The first-order valence-corrected chi connectivity index (χ1v) is 9.16. The Kier molecular flexibility index (Phi) is 6.66. The van der Waals surface area contributed by atoms with Crippen molar-refractivity contribution in [2.75, 3.05) is 18.9 Å². The molecular weight excluding hydrogens is 326 g/mol. The van der Waals surface area contributed by atoms with Gasteiger partial charge in [-0.1, -0.05) is 18.7 Å². The van der Waals surface area contributed by atoms with E-state index < -0.39 is 0 Å². The van der Waals surface area contributed by atoms with Crippen molar-refractivity contribution in [1.29, 1.82) is 0 Å². The van der Waals surface area contributed by atoms with Gasteiger partial charge in [-0.15, -0.1) is 0 Å². The summed E-state index contributed by atoms with van der Waals surface area (Å²) >= 11 is 1.40. The van der Waals surface area contributed by atoms with Gasteiger partial charge < -0.3 is 14.6 Å². The molecule has 1 aromatic carbocycles. The molecule has 1 heterocycles. The van der Waals surface area contributed by atoms with Crippen LogP contribution in [-0.4, -0.2) is 40.3 Å². The van der Waals surface area contributed by atoms with Crippen LogP contribution in [0.1, 0.15) is 37.6 Å². The molecule has 2 aromatic rings. The van der Waals surface area contributed by atoms with Crippen LogP contribution in [-0.2, 0) is 16.1 Å². The average Bonchev–Trinajstić information content (AvgIpc) is 2.94. The van der Waals surface area contributed by atoms with E-state index in [0.717, 1.165) is 29.2 Å². The monoisotopic (exact) mass is 349 g/mol. The summed E-state index contributed by atoms with van der Waals surface area (Å²) in [7, 11) is 0. The molecule has 0 spiro atoms. The molecule has 6 nitrogen and oxygen atoms in total. The number of ether oxygens (including phenoxy) is 1. The van der Waals surface area contributed by atoms with Crippen LogP contribution in [0.15, 0.2) is 23.4 Å². The first kappa shape index (κ1) is 18.3. The van der Waals surface area contributed by atoms with Gasteiger partial charge in [0.05, 0.1) is 29.0 Å². The second-order valence-electron chi connectivity index (χ2n) is 5.20. The highest BCUT2D eigenvalue weighted by molar-refractivity contribution is 7.99. The highest BCUT2D eigenvalue weighted by Crippen LogP contribution is 2.25. The maximum atomic E-state index is 11.9. The zero-order valence-corrected chi connectivity index (χ0v) is 15.1. The molecule has 1 aromatic heterocycles. The Hall–Kier alpha value is -2.02. The van der Waals surface area contributed by atoms with E-state index in [2.05, 4.69) is 10.3 Å². The predicted molar refractivity (Wildman–Crippen MR) is 95.4 cm³/mol. The molecule has 0 radical (unpaired) electrons. The Labute approximate surface area is 146 Å². The van der Waals surface area contributed by atoms with E-state index in [9.17, 15) is 9.59 Å². The van der Waals surface area contributed by atoms with Crippen LogP contribution in [0.5, 0.6) is 0 Å². The third-order valence-electron chi connectivity index (χ3n) is 3.45. The molecule has 0 bridgehead atoms. The van der Waals surface area contributed by atoms with Gasteiger partial charge in [-0.05, 0) is 38.5 Å². The number of carbonyl (C=O) groups excluding carboxylic acids is 2. The van der Waals surface area contributed by atoms with Gasteiger partial charge in [0.1, 0.15) is 0 Å². The van der Waals surface area contributed by atoms with E-state index in [1.807, 2.05) is 24.5 Å². The minimum absolute atomic E-state index is 0.00349. The summed E-state index contributed by atoms with van der Waals surface area (Å²) in [6.07, 6.45) is 0.917. The van der Waals surface area contributed by atoms with Crippen LogP contribution in [0, 0.1) is 0 Å². The number of esters is 1. The molecular formula is C17H23N3O3S. The molecule has 2 rings (SSSR count). The summed E-state index contributed by atoms with van der Waals surface area (Å²) in [4.78, 5) is 28.2. The van der Waals surface area contributed by atoms with Crippen LogP contribution < -0.4 is 5.32 Å². The number of fused-ring (bicyclic) bond motifs is 1. The number of rotatable bonds is 8. The first-order valence-electron chi connectivity index (χ1n) is 8.17. The second-order valence-corrected chi connectivity index (χ2v) is 6.14. The molecule has 0 aliphatic rings. The fourth-order valence-electron chi connectivity index (χ4n) is 2.31. The average molecular weight is 349 g/mol. The minimum atomic E-state index is -0.349. The number of imidazole rings is 1. The van der Waals surface area contributed by atoms with Gasteiger partial charge in [-0.25, -0.2) is 9.78 Å². The summed E-state index contributed by atoms with van der Waals surface area (Å²) in [5.41, 5.74) is 2.17. The van der Waals surface area contributed by atoms with Crippen molar-refractivity contribution in [2.45, 2.75) is 38.9 Å². The SMILES string of the molecule is CCCNC(=O)CSc1nc2cc(C(=O)OCC)ccc2n1CC. The molecule has 130 valence electrons. The highest BCUT2D eigenvalue weighted by atomic mass is 32.2. The predicted octanol–water partition coefficient (Wildman–Crippen LogP) is 2.85. The van der Waals surface area contributed by atoms with E-state index in [0.29, 0.717) is 24.5 Å². The van der Waals surface area contributed by atoms with Crippen LogP contribution >= 0.6 is 11.8 Å². The largest absolute Gasteiger partial charge is 0.462 e. The molecule has 0 unspecified atom stereocenters. The number of aryl methyl sites for hydroxylation is 1. The molecule has 0 fully saturated rings. The highest BCUT2D eigenvalue weighted by Gasteiger charge is 2.14. The summed E-state index contributed by atoms with van der Waals surface area (Å²) in [6.45, 7) is 7.60. The fourth-order valence-corrected chi connectivity index (χ4v) is 3.22. The van der Waals surface area contributed by atoms with E-state index in [-0.39, 0.29) is 11.9 Å². The van der Waals surface area contributed by atoms with Gasteiger partial charge in [0.25, 0.3) is 0 Å². The molecule has 7 heteroatoms. The lowest BCUT2D eigenvalue weighted by Crippen LogP contribution is -2.25. The lowest BCUT2D eigenvalue weighted by atomic mass is 10.2. The summed E-state index contributed by atoms with van der Waals surface area (Å²) < 4.78 is 7.07. The Morgan fingerprint density at radius 2 is 2.08 bits per heavy atom. The molecule has 0 saturated carbocycles. The number of hydrogen-bond donors (Lipinski definition) is 1. The first-order chi connectivity index (χ1) is 11.6. The van der Waals surface area contributed by atoms with Crippen molar-refractivity contribution in [1.82, 2.24) is 14.9 Å². The molecule has 24 heavy (non-hydrogen) atoms. The van der Waals surface area contributed by atoms with Crippen molar-refractivity contribution in [2.24, 2.45) is 0 Å². The van der Waals surface area contributed by atoms with E-state index in [4.69, 9.17) is 4.74 Å². The van der Waals surface area contributed by atoms with Crippen molar-refractivity contribution < 1.29 is 14.3 Å². The van der Waals surface area contributed by atoms with E-state index >= 15 is 0 Å². The Balaban J connectivity index is 2.21. The Morgan fingerprint density at radius 1 is 1.29 bits per heavy atom. The second kappa shape index (κ2) is 8.73. The molecule has 0 aliphatic carbocycles. The molecule has 0 saturated heterocycles. The van der Waals surface area contributed by atoms with Gasteiger partial charge >= 0.3 is 5.97 Å². The van der Waals surface area contributed by atoms with Crippen molar-refractivity contribution >= 4 is 34.7 Å². The number of aromatic nitrogens is 2. The summed E-state index contributed by atoms with van der Waals surface area (Å²) in [5.74, 6) is -0.0176. The smallest absolute Gasteiger partial charge is 0.338 e. The lowest BCUT2D eigenvalue weighted by molar-refractivity contribution is -0.118. The van der Waals surface area contributed by atoms with Gasteiger partial charge in [-0.3, -0.25) is 4.79 Å². The number of thioether (sulfide) groups is 1. The number of benzene rings is 1.